The average molecular weight is 400 g/mol. The molecule has 2 aliphatic carbocycles. The molecule has 3 aliphatic rings. The van der Waals surface area contributed by atoms with E-state index in [2.05, 4.69) is 46.3 Å². The summed E-state index contributed by atoms with van der Waals surface area (Å²) in [4.78, 5) is 17.9. The van der Waals surface area contributed by atoms with E-state index in [9.17, 15) is 4.79 Å². The lowest BCUT2D eigenvalue weighted by atomic mass is 9.79. The first-order valence-electron chi connectivity index (χ1n) is 11.5. The van der Waals surface area contributed by atoms with Crippen LogP contribution in [0.25, 0.3) is 0 Å². The van der Waals surface area contributed by atoms with Crippen LogP contribution in [-0.4, -0.2) is 66.7 Å². The van der Waals surface area contributed by atoms with E-state index in [1.54, 1.807) is 0 Å². The number of nitrogens with one attached hydrogen (secondary N) is 1. The molecule has 1 aromatic carbocycles. The number of carbonyl (C=O) groups is 1. The lowest BCUT2D eigenvalue weighted by molar-refractivity contribution is -0.123. The molecule has 1 aliphatic heterocycles. The number of hydrogen-bond acceptors (Lipinski definition) is 4. The van der Waals surface area contributed by atoms with Gasteiger partial charge in [-0.15, -0.1) is 0 Å². The second-order valence-corrected chi connectivity index (χ2v) is 9.28. The summed E-state index contributed by atoms with van der Waals surface area (Å²) in [5.74, 6) is 0.183. The van der Waals surface area contributed by atoms with E-state index in [1.807, 2.05) is 0 Å². The molecule has 1 heterocycles. The lowest BCUT2D eigenvalue weighted by Gasteiger charge is -2.48. The normalized spacial score (nSPS) is 22.6. The number of amides is 1. The Morgan fingerprint density at radius 3 is 2.48 bits per heavy atom. The minimum absolute atomic E-state index is 0.138. The van der Waals surface area contributed by atoms with Crippen LogP contribution in [-0.2, 0) is 16.1 Å². The van der Waals surface area contributed by atoms with Crippen molar-refractivity contribution in [2.75, 3.05) is 39.4 Å². The molecular weight excluding hydrogens is 362 g/mol. The molecule has 5 nitrogen and oxygen atoms in total. The molecule has 1 aromatic rings. The Morgan fingerprint density at radius 2 is 1.83 bits per heavy atom. The van der Waals surface area contributed by atoms with E-state index in [0.717, 1.165) is 39.4 Å². The van der Waals surface area contributed by atoms with Gasteiger partial charge in [-0.05, 0) is 38.2 Å². The second kappa shape index (κ2) is 9.59. The fraction of sp³-hybridized carbons (Fsp3) is 0.708. The number of aryl methyl sites for hydroxylation is 1. The van der Waals surface area contributed by atoms with Crippen LogP contribution >= 0.6 is 0 Å². The van der Waals surface area contributed by atoms with E-state index >= 15 is 0 Å². The molecule has 0 radical (unpaired) electrons. The first-order valence-corrected chi connectivity index (χ1v) is 11.5. The van der Waals surface area contributed by atoms with Gasteiger partial charge in [0.1, 0.15) is 0 Å². The van der Waals surface area contributed by atoms with Crippen LogP contribution in [0.3, 0.4) is 0 Å². The predicted octanol–water partition coefficient (Wildman–Crippen LogP) is 3.11. The van der Waals surface area contributed by atoms with Gasteiger partial charge in [-0.1, -0.05) is 49.1 Å². The number of nitrogens with zero attached hydrogens (tertiary/aromatic N) is 2. The molecule has 0 atom stereocenters. The Bertz CT molecular complexity index is 659. The standard InChI is InChI=1S/C24H37N3O2/c1-20-5-7-21(8-6-20)17-26(22-9-10-22)18-23(28)25-19-24(11-3-2-4-12-24)27-13-15-29-16-14-27/h5-8,22H,2-4,9-19H2,1H3,(H,25,28). The van der Waals surface area contributed by atoms with E-state index in [-0.39, 0.29) is 11.4 Å². The zero-order valence-electron chi connectivity index (χ0n) is 18.0. The van der Waals surface area contributed by atoms with Crippen molar-refractivity contribution in [2.45, 2.75) is 70.0 Å². The molecule has 1 amide bonds. The van der Waals surface area contributed by atoms with Crippen LogP contribution in [0.5, 0.6) is 0 Å². The van der Waals surface area contributed by atoms with E-state index < -0.39 is 0 Å². The van der Waals surface area contributed by atoms with Crippen LogP contribution in [0.15, 0.2) is 24.3 Å². The zero-order valence-corrected chi connectivity index (χ0v) is 18.0. The van der Waals surface area contributed by atoms with Gasteiger partial charge in [-0.2, -0.15) is 0 Å². The van der Waals surface area contributed by atoms with Gasteiger partial charge in [0.25, 0.3) is 0 Å². The topological polar surface area (TPSA) is 44.8 Å². The molecule has 5 heteroatoms. The Kier molecular flexibility index (Phi) is 6.88. The maximum absolute atomic E-state index is 12.9. The van der Waals surface area contributed by atoms with Gasteiger partial charge in [0, 0.05) is 37.8 Å². The smallest absolute Gasteiger partial charge is 0.234 e. The third kappa shape index (κ3) is 5.59. The highest BCUT2D eigenvalue weighted by molar-refractivity contribution is 5.78. The third-order valence-electron chi connectivity index (χ3n) is 7.00. The number of carbonyl (C=O) groups excluding carboxylic acids is 1. The Hall–Kier alpha value is -1.43. The van der Waals surface area contributed by atoms with E-state index in [1.165, 1.54) is 56.1 Å². The zero-order chi connectivity index (χ0) is 20.1. The number of ether oxygens (including phenoxy) is 1. The molecule has 160 valence electrons. The van der Waals surface area contributed by atoms with Gasteiger partial charge < -0.3 is 10.1 Å². The summed E-state index contributed by atoms with van der Waals surface area (Å²) in [7, 11) is 0. The van der Waals surface area contributed by atoms with Crippen molar-refractivity contribution in [1.82, 2.24) is 15.1 Å². The maximum Gasteiger partial charge on any atom is 0.234 e. The van der Waals surface area contributed by atoms with Crippen molar-refractivity contribution in [1.29, 1.82) is 0 Å². The lowest BCUT2D eigenvalue weighted by Crippen LogP contribution is -2.60. The molecule has 4 rings (SSSR count). The average Bonchev–Trinajstić information content (AvgIpc) is 3.60. The number of benzene rings is 1. The Labute approximate surface area is 175 Å². The Morgan fingerprint density at radius 1 is 1.14 bits per heavy atom. The monoisotopic (exact) mass is 399 g/mol. The number of morpholine rings is 1. The minimum Gasteiger partial charge on any atom is -0.379 e. The van der Waals surface area contributed by atoms with Crippen molar-refractivity contribution >= 4 is 5.91 Å². The Balaban J connectivity index is 1.33. The molecule has 3 fully saturated rings. The van der Waals surface area contributed by atoms with Crippen LogP contribution in [0, 0.1) is 6.92 Å². The van der Waals surface area contributed by atoms with Crippen molar-refractivity contribution in [3.8, 4) is 0 Å². The molecule has 0 aromatic heterocycles. The van der Waals surface area contributed by atoms with Crippen LogP contribution < -0.4 is 5.32 Å². The van der Waals surface area contributed by atoms with Crippen LogP contribution in [0.2, 0.25) is 0 Å². The predicted molar refractivity (Wildman–Crippen MR) is 116 cm³/mol. The largest absolute Gasteiger partial charge is 0.379 e. The fourth-order valence-corrected chi connectivity index (χ4v) is 5.04. The third-order valence-corrected chi connectivity index (χ3v) is 7.00. The van der Waals surface area contributed by atoms with Crippen molar-refractivity contribution in [3.63, 3.8) is 0 Å². The van der Waals surface area contributed by atoms with E-state index in [0.29, 0.717) is 12.6 Å². The van der Waals surface area contributed by atoms with Crippen molar-refractivity contribution in [2.24, 2.45) is 0 Å². The molecule has 1 N–H and O–H groups in total. The van der Waals surface area contributed by atoms with Gasteiger partial charge in [0.05, 0.1) is 19.8 Å². The SMILES string of the molecule is Cc1ccc(CN(CC(=O)NCC2(N3CCOCC3)CCCCC2)C2CC2)cc1. The van der Waals surface area contributed by atoms with Crippen LogP contribution in [0.4, 0.5) is 0 Å². The summed E-state index contributed by atoms with van der Waals surface area (Å²) in [6, 6.07) is 9.28. The molecule has 29 heavy (non-hydrogen) atoms. The maximum atomic E-state index is 12.9. The van der Waals surface area contributed by atoms with Gasteiger partial charge in [0.15, 0.2) is 0 Å². The number of rotatable bonds is 8. The summed E-state index contributed by atoms with van der Waals surface area (Å²) in [5.41, 5.74) is 2.72. The first kappa shape index (κ1) is 20.8. The fourth-order valence-electron chi connectivity index (χ4n) is 5.04. The number of hydrogen-bond donors (Lipinski definition) is 1. The van der Waals surface area contributed by atoms with Gasteiger partial charge in [-0.3, -0.25) is 14.6 Å². The second-order valence-electron chi connectivity index (χ2n) is 9.28. The molecule has 0 unspecified atom stereocenters. The van der Waals surface area contributed by atoms with Crippen molar-refractivity contribution in [3.05, 3.63) is 35.4 Å². The van der Waals surface area contributed by atoms with Gasteiger partial charge in [0.2, 0.25) is 5.91 Å². The van der Waals surface area contributed by atoms with Crippen molar-refractivity contribution < 1.29 is 9.53 Å². The highest BCUT2D eigenvalue weighted by Gasteiger charge is 2.39. The quantitative estimate of drug-likeness (QED) is 0.730. The molecule has 1 saturated heterocycles. The summed E-state index contributed by atoms with van der Waals surface area (Å²) >= 11 is 0. The molecule has 0 bridgehead atoms. The summed E-state index contributed by atoms with van der Waals surface area (Å²) < 4.78 is 5.58. The summed E-state index contributed by atoms with van der Waals surface area (Å²) in [5, 5.41) is 3.34. The molecule has 2 saturated carbocycles. The molecular formula is C24H37N3O2. The first-order chi connectivity index (χ1) is 14.1. The van der Waals surface area contributed by atoms with Crippen LogP contribution in [0.1, 0.15) is 56.1 Å². The minimum atomic E-state index is 0.138. The van der Waals surface area contributed by atoms with E-state index in [4.69, 9.17) is 4.74 Å². The highest BCUT2D eigenvalue weighted by atomic mass is 16.5. The highest BCUT2D eigenvalue weighted by Crippen LogP contribution is 2.34. The summed E-state index contributed by atoms with van der Waals surface area (Å²) in [6.07, 6.45) is 8.70. The summed E-state index contributed by atoms with van der Waals surface area (Å²) in [6.45, 7) is 7.92. The molecule has 0 spiro atoms. The van der Waals surface area contributed by atoms with Gasteiger partial charge in [-0.25, -0.2) is 0 Å². The van der Waals surface area contributed by atoms with Gasteiger partial charge >= 0.3 is 0 Å².